The van der Waals surface area contributed by atoms with E-state index in [9.17, 15) is 9.59 Å². The highest BCUT2D eigenvalue weighted by Gasteiger charge is 2.29. The Balaban J connectivity index is 1.76. The maximum atomic E-state index is 12.3. The summed E-state index contributed by atoms with van der Waals surface area (Å²) in [5.74, 6) is -0.0997. The molecule has 0 aliphatic heterocycles. The van der Waals surface area contributed by atoms with E-state index >= 15 is 0 Å². The molecule has 1 aliphatic rings. The number of nitrogens with one attached hydrogen (secondary N) is 2. The molecule has 1 fully saturated rings. The molecule has 2 amide bonds. The second-order valence-electron chi connectivity index (χ2n) is 5.73. The largest absolute Gasteiger partial charge is 0.326 e. The molecule has 118 valence electrons. The van der Waals surface area contributed by atoms with Crippen LogP contribution in [-0.2, 0) is 4.79 Å². The molecule has 0 bridgehead atoms. The highest BCUT2D eigenvalue weighted by molar-refractivity contribution is 6.34. The molecular formula is C18H17ClN2O2. The lowest BCUT2D eigenvalue weighted by Gasteiger charge is -2.12. The van der Waals surface area contributed by atoms with E-state index < -0.39 is 0 Å². The van der Waals surface area contributed by atoms with Crippen LogP contribution < -0.4 is 10.6 Å². The molecule has 0 unspecified atom stereocenters. The van der Waals surface area contributed by atoms with Gasteiger partial charge in [-0.3, -0.25) is 9.59 Å². The normalized spacial score (nSPS) is 13.5. The van der Waals surface area contributed by atoms with Crippen molar-refractivity contribution in [3.05, 3.63) is 58.6 Å². The van der Waals surface area contributed by atoms with Crippen molar-refractivity contribution in [1.29, 1.82) is 0 Å². The number of halogens is 1. The molecule has 1 saturated carbocycles. The number of rotatable bonds is 4. The maximum absolute atomic E-state index is 12.3. The number of aryl methyl sites for hydroxylation is 1. The number of anilines is 2. The van der Waals surface area contributed by atoms with E-state index in [0.29, 0.717) is 16.3 Å². The number of carbonyl (C=O) groups is 2. The fraction of sp³-hybridized carbons (Fsp3) is 0.222. The van der Waals surface area contributed by atoms with E-state index in [1.54, 1.807) is 36.4 Å². The van der Waals surface area contributed by atoms with Crippen LogP contribution in [0.1, 0.15) is 28.8 Å². The molecule has 0 spiro atoms. The van der Waals surface area contributed by atoms with E-state index in [2.05, 4.69) is 10.6 Å². The first-order valence-electron chi connectivity index (χ1n) is 7.52. The second kappa shape index (κ2) is 6.42. The first-order valence-corrected chi connectivity index (χ1v) is 7.90. The van der Waals surface area contributed by atoms with Gasteiger partial charge in [-0.25, -0.2) is 0 Å². The number of hydrogen-bond donors (Lipinski definition) is 2. The van der Waals surface area contributed by atoms with Gasteiger partial charge in [-0.15, -0.1) is 0 Å². The Morgan fingerprint density at radius 3 is 2.52 bits per heavy atom. The minimum absolute atomic E-state index is 0.0441. The quantitative estimate of drug-likeness (QED) is 0.881. The summed E-state index contributed by atoms with van der Waals surface area (Å²) in [6.07, 6.45) is 1.90. The van der Waals surface area contributed by atoms with Gasteiger partial charge in [0.2, 0.25) is 5.91 Å². The van der Waals surface area contributed by atoms with Gasteiger partial charge in [-0.05, 0) is 49.6 Å². The first-order chi connectivity index (χ1) is 11.0. The minimum Gasteiger partial charge on any atom is -0.326 e. The molecule has 0 heterocycles. The molecule has 2 aromatic carbocycles. The highest BCUT2D eigenvalue weighted by atomic mass is 35.5. The average Bonchev–Trinajstić information content (AvgIpc) is 3.35. The van der Waals surface area contributed by atoms with Crippen LogP contribution in [0.4, 0.5) is 11.4 Å². The Hall–Kier alpha value is -2.33. The third-order valence-electron chi connectivity index (χ3n) is 3.82. The SMILES string of the molecule is Cc1ccc(NC(=O)c2ccccc2Cl)cc1NC(=O)C1CC1. The fourth-order valence-corrected chi connectivity index (χ4v) is 2.48. The second-order valence-corrected chi connectivity index (χ2v) is 6.13. The topological polar surface area (TPSA) is 58.2 Å². The van der Waals surface area contributed by atoms with Gasteiger partial charge in [0.15, 0.2) is 0 Å². The van der Waals surface area contributed by atoms with Gasteiger partial charge in [0.05, 0.1) is 10.6 Å². The molecule has 0 atom stereocenters. The Morgan fingerprint density at radius 2 is 1.83 bits per heavy atom. The van der Waals surface area contributed by atoms with Crippen LogP contribution in [0.15, 0.2) is 42.5 Å². The molecule has 0 aromatic heterocycles. The summed E-state index contributed by atoms with van der Waals surface area (Å²) in [6, 6.07) is 12.3. The van der Waals surface area contributed by atoms with Crippen LogP contribution in [0.2, 0.25) is 5.02 Å². The van der Waals surface area contributed by atoms with Crippen molar-refractivity contribution < 1.29 is 9.59 Å². The Labute approximate surface area is 139 Å². The molecular weight excluding hydrogens is 312 g/mol. The molecule has 0 saturated heterocycles. The highest BCUT2D eigenvalue weighted by Crippen LogP contribution is 2.31. The molecule has 4 nitrogen and oxygen atoms in total. The van der Waals surface area contributed by atoms with Crippen molar-refractivity contribution in [3.63, 3.8) is 0 Å². The van der Waals surface area contributed by atoms with Crippen molar-refractivity contribution >= 4 is 34.8 Å². The van der Waals surface area contributed by atoms with Gasteiger partial charge in [-0.2, -0.15) is 0 Å². The average molecular weight is 329 g/mol. The zero-order chi connectivity index (χ0) is 16.4. The predicted molar refractivity (Wildman–Crippen MR) is 91.9 cm³/mol. The van der Waals surface area contributed by atoms with Gasteiger partial charge in [-0.1, -0.05) is 29.8 Å². The summed E-state index contributed by atoms with van der Waals surface area (Å²) >= 11 is 6.03. The number of benzene rings is 2. The van der Waals surface area contributed by atoms with Gasteiger partial charge in [0, 0.05) is 17.3 Å². The van der Waals surface area contributed by atoms with E-state index in [0.717, 1.165) is 24.1 Å². The van der Waals surface area contributed by atoms with E-state index in [4.69, 9.17) is 11.6 Å². The molecule has 3 rings (SSSR count). The van der Waals surface area contributed by atoms with Crippen molar-refractivity contribution in [2.24, 2.45) is 5.92 Å². The summed E-state index contributed by atoms with van der Waals surface area (Å²) in [5, 5.41) is 6.13. The molecule has 5 heteroatoms. The lowest BCUT2D eigenvalue weighted by atomic mass is 10.1. The Kier molecular flexibility index (Phi) is 4.35. The third-order valence-corrected chi connectivity index (χ3v) is 4.15. The van der Waals surface area contributed by atoms with Crippen LogP contribution in [-0.4, -0.2) is 11.8 Å². The van der Waals surface area contributed by atoms with E-state index in [1.807, 2.05) is 13.0 Å². The molecule has 1 aliphatic carbocycles. The number of carbonyl (C=O) groups excluding carboxylic acids is 2. The number of amides is 2. The van der Waals surface area contributed by atoms with Crippen LogP contribution in [0.25, 0.3) is 0 Å². The molecule has 23 heavy (non-hydrogen) atoms. The van der Waals surface area contributed by atoms with Gasteiger partial charge in [0.1, 0.15) is 0 Å². The van der Waals surface area contributed by atoms with Crippen LogP contribution in [0, 0.1) is 12.8 Å². The van der Waals surface area contributed by atoms with E-state index in [1.165, 1.54) is 0 Å². The first kappa shape index (κ1) is 15.6. The van der Waals surface area contributed by atoms with Crippen LogP contribution in [0.5, 0.6) is 0 Å². The summed E-state index contributed by atoms with van der Waals surface area (Å²) in [6.45, 7) is 1.92. The smallest absolute Gasteiger partial charge is 0.257 e. The van der Waals surface area contributed by atoms with Gasteiger partial charge < -0.3 is 10.6 Å². The van der Waals surface area contributed by atoms with Crippen molar-refractivity contribution in [1.82, 2.24) is 0 Å². The Bertz CT molecular complexity index is 769. The van der Waals surface area contributed by atoms with Crippen molar-refractivity contribution in [2.45, 2.75) is 19.8 Å². The maximum Gasteiger partial charge on any atom is 0.257 e. The fourth-order valence-electron chi connectivity index (χ4n) is 2.26. The summed E-state index contributed by atoms with van der Waals surface area (Å²) < 4.78 is 0. The lowest BCUT2D eigenvalue weighted by molar-refractivity contribution is -0.117. The third kappa shape index (κ3) is 3.71. The monoisotopic (exact) mass is 328 g/mol. The molecule has 2 N–H and O–H groups in total. The zero-order valence-corrected chi connectivity index (χ0v) is 13.5. The van der Waals surface area contributed by atoms with Crippen LogP contribution >= 0.6 is 11.6 Å². The predicted octanol–water partition coefficient (Wildman–Crippen LogP) is 4.25. The molecule has 0 radical (unpaired) electrons. The van der Waals surface area contributed by atoms with Gasteiger partial charge >= 0.3 is 0 Å². The lowest BCUT2D eigenvalue weighted by Crippen LogP contribution is -2.15. The van der Waals surface area contributed by atoms with Crippen LogP contribution in [0.3, 0.4) is 0 Å². The van der Waals surface area contributed by atoms with Crippen molar-refractivity contribution in [3.8, 4) is 0 Å². The Morgan fingerprint density at radius 1 is 1.09 bits per heavy atom. The summed E-state index contributed by atoms with van der Waals surface area (Å²) in [4.78, 5) is 24.2. The zero-order valence-electron chi connectivity index (χ0n) is 12.7. The minimum atomic E-state index is -0.279. The number of hydrogen-bond acceptors (Lipinski definition) is 2. The van der Waals surface area contributed by atoms with Crippen molar-refractivity contribution in [2.75, 3.05) is 10.6 Å². The van der Waals surface area contributed by atoms with E-state index in [-0.39, 0.29) is 17.7 Å². The molecule has 2 aromatic rings. The standard InChI is InChI=1S/C18H17ClN2O2/c1-11-6-9-13(10-16(11)21-17(22)12-7-8-12)20-18(23)14-4-2-3-5-15(14)19/h2-6,9-10,12H,7-8H2,1H3,(H,20,23)(H,21,22). The van der Waals surface area contributed by atoms with Gasteiger partial charge in [0.25, 0.3) is 5.91 Å². The summed E-state index contributed by atoms with van der Waals surface area (Å²) in [7, 11) is 0. The summed E-state index contributed by atoms with van der Waals surface area (Å²) in [5.41, 5.74) is 2.71.